The third kappa shape index (κ3) is 4.78. The normalized spacial score (nSPS) is 16.2. The average Bonchev–Trinajstić information content (AvgIpc) is 2.98. The molecule has 0 unspecified atom stereocenters. The van der Waals surface area contributed by atoms with Gasteiger partial charge in [0.15, 0.2) is 4.46 Å². The van der Waals surface area contributed by atoms with E-state index < -0.39 is 28.1 Å². The van der Waals surface area contributed by atoms with Gasteiger partial charge in [-0.2, -0.15) is 13.2 Å². The average molecular weight is 409 g/mol. The lowest BCUT2D eigenvalue weighted by Crippen LogP contribution is -2.26. The van der Waals surface area contributed by atoms with E-state index in [1.165, 1.54) is 12.1 Å². The van der Waals surface area contributed by atoms with E-state index in [1.807, 2.05) is 0 Å². The zero-order chi connectivity index (χ0) is 19.5. The molecule has 0 bridgehead atoms. The molecule has 10 heteroatoms. The van der Waals surface area contributed by atoms with E-state index in [9.17, 15) is 18.0 Å². The van der Waals surface area contributed by atoms with Crippen molar-refractivity contribution in [3.8, 4) is 5.88 Å². The number of benzene rings is 1. The summed E-state index contributed by atoms with van der Waals surface area (Å²) in [5.74, 6) is -0.958. The molecule has 2 aromatic rings. The summed E-state index contributed by atoms with van der Waals surface area (Å²) in [6.07, 6.45) is -2.92. The molecule has 0 amide bonds. The van der Waals surface area contributed by atoms with Gasteiger partial charge in [0.05, 0.1) is 5.56 Å². The minimum atomic E-state index is -4.51. The first-order valence-electron chi connectivity index (χ1n) is 7.15. The lowest BCUT2D eigenvalue weighted by molar-refractivity contribution is -0.139. The van der Waals surface area contributed by atoms with Gasteiger partial charge in [-0.1, -0.05) is 47.5 Å². The SMILES string of the molecule is NC(Cl)(Cl)c1ccccc1C(F)(F)F.O=C(O)[C@@H]1COc2ncccc21. The van der Waals surface area contributed by atoms with Crippen LogP contribution in [0.3, 0.4) is 0 Å². The quantitative estimate of drug-likeness (QED) is 0.581. The molecule has 1 aromatic heterocycles. The summed E-state index contributed by atoms with van der Waals surface area (Å²) in [5, 5.41) is 8.75. The van der Waals surface area contributed by atoms with Crippen LogP contribution in [0.25, 0.3) is 0 Å². The monoisotopic (exact) mass is 408 g/mol. The second-order valence-electron chi connectivity index (χ2n) is 5.27. The maximum absolute atomic E-state index is 12.4. The van der Waals surface area contributed by atoms with Crippen molar-refractivity contribution >= 4 is 29.2 Å². The second-order valence-corrected chi connectivity index (χ2v) is 6.65. The third-order valence-corrected chi connectivity index (χ3v) is 3.86. The fourth-order valence-corrected chi connectivity index (χ4v) is 2.60. The Morgan fingerprint density at radius 2 is 1.81 bits per heavy atom. The van der Waals surface area contributed by atoms with Gasteiger partial charge in [0.25, 0.3) is 0 Å². The standard InChI is InChI=1S/C8H6Cl2F3N.C8H7NO3/c9-7(10,14)5-3-1-2-4-6(5)8(11,12)13;10-8(11)6-4-12-7-5(6)2-1-3-9-7/h1-4H,14H2;1-3,6H,4H2,(H,10,11)/t;6-/m.1/s1. The second kappa shape index (κ2) is 7.69. The van der Waals surface area contributed by atoms with Crippen LogP contribution in [0.5, 0.6) is 5.88 Å². The molecule has 1 atom stereocenters. The first-order valence-corrected chi connectivity index (χ1v) is 7.91. The van der Waals surface area contributed by atoms with Crippen LogP contribution in [0, 0.1) is 0 Å². The van der Waals surface area contributed by atoms with Crippen molar-refractivity contribution in [1.82, 2.24) is 4.98 Å². The Kier molecular flexibility index (Phi) is 6.00. The number of carboxylic acids is 1. The van der Waals surface area contributed by atoms with Gasteiger partial charge in [0.1, 0.15) is 12.5 Å². The first kappa shape index (κ1) is 20.3. The summed E-state index contributed by atoms with van der Waals surface area (Å²) < 4.78 is 40.3. The summed E-state index contributed by atoms with van der Waals surface area (Å²) in [6, 6.07) is 8.09. The topological polar surface area (TPSA) is 85.4 Å². The molecule has 1 aliphatic rings. The predicted molar refractivity (Wildman–Crippen MR) is 89.1 cm³/mol. The summed E-state index contributed by atoms with van der Waals surface area (Å²) in [5.41, 5.74) is 4.58. The third-order valence-electron chi connectivity index (χ3n) is 3.45. The summed E-state index contributed by atoms with van der Waals surface area (Å²) in [6.45, 7) is 0.196. The number of rotatable bonds is 2. The Balaban J connectivity index is 0.000000189. The zero-order valence-electron chi connectivity index (χ0n) is 13.0. The number of alkyl halides is 5. The predicted octanol–water partition coefficient (Wildman–Crippen LogP) is 3.89. The number of fused-ring (bicyclic) bond motifs is 1. The number of carbonyl (C=O) groups is 1. The molecule has 0 aliphatic carbocycles. The van der Waals surface area contributed by atoms with E-state index in [0.29, 0.717) is 11.4 Å². The van der Waals surface area contributed by atoms with Crippen LogP contribution >= 0.6 is 23.2 Å². The number of pyridine rings is 1. The van der Waals surface area contributed by atoms with E-state index in [2.05, 4.69) is 4.98 Å². The fraction of sp³-hybridized carbons (Fsp3) is 0.250. The maximum Gasteiger partial charge on any atom is 0.416 e. The highest BCUT2D eigenvalue weighted by Gasteiger charge is 2.38. The van der Waals surface area contributed by atoms with E-state index in [4.69, 9.17) is 38.8 Å². The molecule has 1 aliphatic heterocycles. The molecular formula is C16H13Cl2F3N2O3. The van der Waals surface area contributed by atoms with Crippen molar-refractivity contribution in [2.75, 3.05) is 6.61 Å². The van der Waals surface area contributed by atoms with E-state index in [-0.39, 0.29) is 12.2 Å². The number of aromatic nitrogens is 1. The van der Waals surface area contributed by atoms with E-state index in [0.717, 1.165) is 12.1 Å². The minimum Gasteiger partial charge on any atom is -0.481 e. The zero-order valence-corrected chi connectivity index (χ0v) is 14.5. The maximum atomic E-state index is 12.4. The van der Waals surface area contributed by atoms with Gasteiger partial charge < -0.3 is 9.84 Å². The molecule has 0 radical (unpaired) electrons. The molecule has 1 aromatic carbocycles. The van der Waals surface area contributed by atoms with Gasteiger partial charge in [0, 0.05) is 17.3 Å². The number of halogens is 5. The van der Waals surface area contributed by atoms with Crippen molar-refractivity contribution in [2.45, 2.75) is 16.6 Å². The number of nitrogens with zero attached hydrogens (tertiary/aromatic N) is 1. The Morgan fingerprint density at radius 1 is 1.19 bits per heavy atom. The van der Waals surface area contributed by atoms with Crippen LogP contribution in [-0.4, -0.2) is 22.7 Å². The van der Waals surface area contributed by atoms with Gasteiger partial charge in [-0.3, -0.25) is 10.5 Å². The molecular weight excluding hydrogens is 396 g/mol. The summed E-state index contributed by atoms with van der Waals surface area (Å²) in [7, 11) is 0. The van der Waals surface area contributed by atoms with Gasteiger partial charge in [-0.05, 0) is 12.1 Å². The van der Waals surface area contributed by atoms with Crippen LogP contribution in [0.4, 0.5) is 13.2 Å². The number of hydrogen-bond acceptors (Lipinski definition) is 4. The summed E-state index contributed by atoms with van der Waals surface area (Å²) in [4.78, 5) is 14.6. The first-order chi connectivity index (χ1) is 12.0. The van der Waals surface area contributed by atoms with Crippen molar-refractivity contribution < 1.29 is 27.8 Å². The number of hydrogen-bond donors (Lipinski definition) is 2. The molecule has 0 spiro atoms. The largest absolute Gasteiger partial charge is 0.481 e. The van der Waals surface area contributed by atoms with E-state index in [1.54, 1.807) is 18.3 Å². The van der Waals surface area contributed by atoms with Crippen molar-refractivity contribution in [1.29, 1.82) is 0 Å². The number of carboxylic acid groups (broad SMARTS) is 1. The van der Waals surface area contributed by atoms with Gasteiger partial charge in [-0.25, -0.2) is 4.98 Å². The molecule has 0 saturated heterocycles. The Bertz CT molecular complexity index is 762. The van der Waals surface area contributed by atoms with Crippen molar-refractivity contribution in [3.63, 3.8) is 0 Å². The minimum absolute atomic E-state index is 0.196. The van der Waals surface area contributed by atoms with Crippen LogP contribution in [0.2, 0.25) is 0 Å². The molecule has 2 heterocycles. The van der Waals surface area contributed by atoms with Gasteiger partial charge in [0.2, 0.25) is 5.88 Å². The number of aliphatic carboxylic acids is 1. The van der Waals surface area contributed by atoms with E-state index >= 15 is 0 Å². The highest BCUT2D eigenvalue weighted by molar-refractivity contribution is 6.47. The van der Waals surface area contributed by atoms with Crippen molar-refractivity contribution in [2.24, 2.45) is 5.73 Å². The Labute approximate surface area is 156 Å². The molecule has 0 saturated carbocycles. The molecule has 3 rings (SSSR count). The van der Waals surface area contributed by atoms with Crippen LogP contribution in [0.1, 0.15) is 22.6 Å². The van der Waals surface area contributed by atoms with Crippen LogP contribution in [-0.2, 0) is 15.4 Å². The molecule has 0 fully saturated rings. The molecule has 26 heavy (non-hydrogen) atoms. The van der Waals surface area contributed by atoms with Crippen molar-refractivity contribution in [3.05, 3.63) is 59.3 Å². The highest BCUT2D eigenvalue weighted by atomic mass is 35.5. The molecule has 3 N–H and O–H groups in total. The molecule has 140 valence electrons. The smallest absolute Gasteiger partial charge is 0.416 e. The highest BCUT2D eigenvalue weighted by Crippen LogP contribution is 2.38. The van der Waals surface area contributed by atoms with Gasteiger partial charge >= 0.3 is 12.1 Å². The fourth-order valence-electron chi connectivity index (χ4n) is 2.27. The number of nitrogens with two attached hydrogens (primary N) is 1. The Morgan fingerprint density at radius 3 is 2.31 bits per heavy atom. The lowest BCUT2D eigenvalue weighted by atomic mass is 10.0. The summed E-state index contributed by atoms with van der Waals surface area (Å²) >= 11 is 10.8. The molecule has 5 nitrogen and oxygen atoms in total. The lowest BCUT2D eigenvalue weighted by Gasteiger charge is -2.19. The Hall–Kier alpha value is -2.03. The van der Waals surface area contributed by atoms with Crippen LogP contribution in [0.15, 0.2) is 42.6 Å². The van der Waals surface area contributed by atoms with Crippen LogP contribution < -0.4 is 10.5 Å². The number of ether oxygens (including phenoxy) is 1. The van der Waals surface area contributed by atoms with Gasteiger partial charge in [-0.15, -0.1) is 0 Å².